The molecule has 3 aromatic rings. The van der Waals surface area contributed by atoms with Gasteiger partial charge in [-0.1, -0.05) is 12.1 Å². The van der Waals surface area contributed by atoms with Gasteiger partial charge < -0.3 is 5.11 Å². The molecule has 3 rings (SSSR count). The van der Waals surface area contributed by atoms with Crippen molar-refractivity contribution in [2.24, 2.45) is 0 Å². The fraction of sp³-hybridized carbons (Fsp3) is 0.143. The molecule has 1 nitrogen and oxygen atoms in total. The Morgan fingerprint density at radius 1 is 1.11 bits per heavy atom. The SMILES string of the molecule is Cc1ccc(C(O)c2cc3sccc3s2)c(F)c1F. The summed E-state index contributed by atoms with van der Waals surface area (Å²) in [5, 5.41) is 12.2. The third kappa shape index (κ3) is 2.08. The van der Waals surface area contributed by atoms with Gasteiger partial charge in [0.25, 0.3) is 0 Å². The molecular weight excluding hydrogens is 286 g/mol. The van der Waals surface area contributed by atoms with Crippen LogP contribution in [-0.4, -0.2) is 5.11 Å². The van der Waals surface area contributed by atoms with E-state index in [2.05, 4.69) is 0 Å². The number of halogens is 2. The third-order valence-electron chi connectivity index (χ3n) is 3.03. The maximum atomic E-state index is 13.9. The lowest BCUT2D eigenvalue weighted by atomic mass is 10.0. The summed E-state index contributed by atoms with van der Waals surface area (Å²) in [7, 11) is 0. The number of aliphatic hydroxyl groups excluding tert-OH is 1. The highest BCUT2D eigenvalue weighted by molar-refractivity contribution is 7.26. The highest BCUT2D eigenvalue weighted by atomic mass is 32.1. The first-order chi connectivity index (χ1) is 9.08. The van der Waals surface area contributed by atoms with E-state index in [-0.39, 0.29) is 11.1 Å². The summed E-state index contributed by atoms with van der Waals surface area (Å²) in [5.41, 5.74) is 0.220. The standard InChI is InChI=1S/C14H10F2OS2/c1-7-2-3-8(13(16)12(7)15)14(17)11-6-10-9(19-11)4-5-18-10/h2-6,14,17H,1H3. The first kappa shape index (κ1) is 12.7. The van der Waals surface area contributed by atoms with Crippen LogP contribution in [-0.2, 0) is 0 Å². The predicted molar refractivity (Wildman–Crippen MR) is 74.9 cm³/mol. The molecule has 0 spiro atoms. The fourth-order valence-electron chi connectivity index (χ4n) is 1.94. The van der Waals surface area contributed by atoms with Crippen molar-refractivity contribution >= 4 is 32.1 Å². The van der Waals surface area contributed by atoms with Gasteiger partial charge in [-0.15, -0.1) is 22.7 Å². The summed E-state index contributed by atoms with van der Waals surface area (Å²) in [5.74, 6) is -1.86. The smallest absolute Gasteiger partial charge is 0.165 e. The predicted octanol–water partition coefficient (Wildman–Crippen LogP) is 4.63. The van der Waals surface area contributed by atoms with E-state index in [1.54, 1.807) is 11.3 Å². The van der Waals surface area contributed by atoms with E-state index in [0.29, 0.717) is 4.88 Å². The quantitative estimate of drug-likeness (QED) is 0.731. The lowest BCUT2D eigenvalue weighted by Crippen LogP contribution is -2.03. The number of benzene rings is 1. The molecule has 2 heterocycles. The van der Waals surface area contributed by atoms with Crippen molar-refractivity contribution in [3.63, 3.8) is 0 Å². The zero-order chi connectivity index (χ0) is 13.6. The Morgan fingerprint density at radius 3 is 2.63 bits per heavy atom. The van der Waals surface area contributed by atoms with Gasteiger partial charge in [-0.05, 0) is 30.0 Å². The number of thiophene rings is 2. The Labute approximate surface area is 116 Å². The second kappa shape index (κ2) is 4.67. The summed E-state index contributed by atoms with van der Waals surface area (Å²) >= 11 is 2.96. The molecule has 0 aliphatic rings. The van der Waals surface area contributed by atoms with Gasteiger partial charge in [0.2, 0.25) is 0 Å². The Morgan fingerprint density at radius 2 is 1.89 bits per heavy atom. The van der Waals surface area contributed by atoms with Crippen LogP contribution >= 0.6 is 22.7 Å². The molecule has 0 bridgehead atoms. The van der Waals surface area contributed by atoms with Gasteiger partial charge in [-0.25, -0.2) is 8.78 Å². The molecule has 0 radical (unpaired) electrons. The van der Waals surface area contributed by atoms with Crippen molar-refractivity contribution in [3.05, 3.63) is 57.3 Å². The second-order valence-corrected chi connectivity index (χ2v) is 6.36. The molecule has 0 aliphatic heterocycles. The molecule has 1 unspecified atom stereocenters. The molecular formula is C14H10F2OS2. The summed E-state index contributed by atoms with van der Waals surface area (Å²) in [6, 6.07) is 6.69. The van der Waals surface area contributed by atoms with Crippen molar-refractivity contribution in [2.45, 2.75) is 13.0 Å². The monoisotopic (exact) mass is 296 g/mol. The third-order valence-corrected chi connectivity index (χ3v) is 5.17. The molecule has 5 heteroatoms. The minimum Gasteiger partial charge on any atom is -0.383 e. The van der Waals surface area contributed by atoms with Crippen LogP contribution in [0.25, 0.3) is 9.40 Å². The summed E-state index contributed by atoms with van der Waals surface area (Å²) < 4.78 is 29.5. The van der Waals surface area contributed by atoms with E-state index in [4.69, 9.17) is 0 Å². The van der Waals surface area contributed by atoms with Crippen molar-refractivity contribution in [3.8, 4) is 0 Å². The van der Waals surface area contributed by atoms with Gasteiger partial charge in [0, 0.05) is 19.8 Å². The van der Waals surface area contributed by atoms with E-state index < -0.39 is 17.7 Å². The second-order valence-electron chi connectivity index (χ2n) is 4.30. The summed E-state index contributed by atoms with van der Waals surface area (Å²) in [6.07, 6.45) is -1.13. The van der Waals surface area contributed by atoms with Crippen LogP contribution in [0.1, 0.15) is 22.1 Å². The van der Waals surface area contributed by atoms with Gasteiger partial charge in [-0.3, -0.25) is 0 Å². The molecule has 2 aromatic heterocycles. The molecule has 0 saturated carbocycles. The van der Waals surface area contributed by atoms with Crippen LogP contribution in [0.4, 0.5) is 8.78 Å². The average Bonchev–Trinajstić information content (AvgIpc) is 2.96. The van der Waals surface area contributed by atoms with Crippen molar-refractivity contribution < 1.29 is 13.9 Å². The van der Waals surface area contributed by atoms with E-state index in [1.165, 1.54) is 30.4 Å². The zero-order valence-corrected chi connectivity index (χ0v) is 11.6. The van der Waals surface area contributed by atoms with E-state index in [0.717, 1.165) is 9.40 Å². The summed E-state index contributed by atoms with van der Waals surface area (Å²) in [6.45, 7) is 1.50. The largest absolute Gasteiger partial charge is 0.383 e. The number of rotatable bonds is 2. The average molecular weight is 296 g/mol. The molecule has 19 heavy (non-hydrogen) atoms. The fourth-order valence-corrected chi connectivity index (χ4v) is 4.07. The lowest BCUT2D eigenvalue weighted by molar-refractivity contribution is 0.217. The normalized spacial score (nSPS) is 13.1. The number of aryl methyl sites for hydroxylation is 1. The Balaban J connectivity index is 2.06. The Kier molecular flexibility index (Phi) is 3.12. The number of hydrogen-bond acceptors (Lipinski definition) is 3. The van der Waals surface area contributed by atoms with Crippen LogP contribution in [0.3, 0.4) is 0 Å². The van der Waals surface area contributed by atoms with Crippen molar-refractivity contribution in [1.29, 1.82) is 0 Å². The van der Waals surface area contributed by atoms with E-state index >= 15 is 0 Å². The van der Waals surface area contributed by atoms with E-state index in [9.17, 15) is 13.9 Å². The van der Waals surface area contributed by atoms with Crippen molar-refractivity contribution in [2.75, 3.05) is 0 Å². The van der Waals surface area contributed by atoms with Crippen LogP contribution in [0.15, 0.2) is 29.6 Å². The lowest BCUT2D eigenvalue weighted by Gasteiger charge is -2.11. The van der Waals surface area contributed by atoms with Crippen LogP contribution in [0, 0.1) is 18.6 Å². The van der Waals surface area contributed by atoms with Gasteiger partial charge in [0.15, 0.2) is 11.6 Å². The minimum absolute atomic E-state index is 0.0167. The first-order valence-corrected chi connectivity index (χ1v) is 7.37. The summed E-state index contributed by atoms with van der Waals surface area (Å²) in [4.78, 5) is 0.629. The molecule has 0 aliphatic carbocycles. The van der Waals surface area contributed by atoms with Gasteiger partial charge in [0.05, 0.1) is 0 Å². The highest BCUT2D eigenvalue weighted by Gasteiger charge is 2.21. The molecule has 0 fully saturated rings. The maximum absolute atomic E-state index is 13.9. The van der Waals surface area contributed by atoms with Crippen LogP contribution in [0.5, 0.6) is 0 Å². The van der Waals surface area contributed by atoms with Gasteiger partial charge in [-0.2, -0.15) is 0 Å². The first-order valence-electron chi connectivity index (χ1n) is 5.67. The number of aliphatic hydroxyl groups is 1. The van der Waals surface area contributed by atoms with Crippen molar-refractivity contribution in [1.82, 2.24) is 0 Å². The molecule has 98 valence electrons. The minimum atomic E-state index is -1.13. The Hall–Kier alpha value is -1.30. The highest BCUT2D eigenvalue weighted by Crippen LogP contribution is 2.36. The molecule has 1 atom stereocenters. The van der Waals surface area contributed by atoms with Crippen LogP contribution in [0.2, 0.25) is 0 Å². The molecule has 1 aromatic carbocycles. The van der Waals surface area contributed by atoms with E-state index in [1.807, 2.05) is 17.5 Å². The topological polar surface area (TPSA) is 20.2 Å². The van der Waals surface area contributed by atoms with Gasteiger partial charge in [0.1, 0.15) is 6.10 Å². The molecule has 0 amide bonds. The van der Waals surface area contributed by atoms with Gasteiger partial charge >= 0.3 is 0 Å². The molecule has 0 saturated heterocycles. The number of hydrogen-bond donors (Lipinski definition) is 1. The maximum Gasteiger partial charge on any atom is 0.165 e. The Bertz CT molecular complexity index is 717. The number of fused-ring (bicyclic) bond motifs is 1. The zero-order valence-electron chi connectivity index (χ0n) is 9.98. The molecule has 1 N–H and O–H groups in total. The van der Waals surface area contributed by atoms with Crippen LogP contribution < -0.4 is 0 Å².